The van der Waals surface area contributed by atoms with Gasteiger partial charge in [0.2, 0.25) is 0 Å². The van der Waals surface area contributed by atoms with Gasteiger partial charge in [-0.3, -0.25) is 0 Å². The van der Waals surface area contributed by atoms with Gasteiger partial charge in [0.1, 0.15) is 6.08 Å². The Morgan fingerprint density at radius 2 is 1.19 bits per heavy atom. The molecule has 0 unspecified atom stereocenters. The van der Waals surface area contributed by atoms with E-state index in [9.17, 15) is 0 Å². The summed E-state index contributed by atoms with van der Waals surface area (Å²) in [5.74, 6) is 0. The molecule has 2 heteroatoms. The summed E-state index contributed by atoms with van der Waals surface area (Å²) in [6.07, 6.45) is 10.4. The largest absolute Gasteiger partial charge is 0.181 e. The fourth-order valence-corrected chi connectivity index (χ4v) is 4.33. The maximum absolute atomic E-state index is 3.58. The summed E-state index contributed by atoms with van der Waals surface area (Å²) in [6, 6.07) is 30.3. The molecule has 0 heterocycles. The van der Waals surface area contributed by atoms with Gasteiger partial charge < -0.3 is 0 Å². The third-order valence-corrected chi connectivity index (χ3v) is 5.73. The molecule has 1 aliphatic rings. The van der Waals surface area contributed by atoms with Crippen molar-refractivity contribution in [3.05, 3.63) is 125 Å². The maximum Gasteiger partial charge on any atom is 0.171 e. The van der Waals surface area contributed by atoms with Crippen molar-refractivity contribution >= 4 is 38.5 Å². The van der Waals surface area contributed by atoms with Gasteiger partial charge in [0.25, 0.3) is 0 Å². The monoisotopic (exact) mass is 396 g/mol. The lowest BCUT2D eigenvalue weighted by Gasteiger charge is -2.41. The quantitative estimate of drug-likeness (QED) is 0.455. The second-order valence-electron chi connectivity index (χ2n) is 6.58. The normalized spacial score (nSPS) is 13.2. The van der Waals surface area contributed by atoms with Gasteiger partial charge in [-0.2, -0.15) is 16.4 Å². The summed E-state index contributed by atoms with van der Waals surface area (Å²) >= 11 is 3.58. The molecule has 0 aromatic heterocycles. The Bertz CT molecular complexity index is 928. The first-order chi connectivity index (χ1) is 12.8. The van der Waals surface area contributed by atoms with Crippen molar-refractivity contribution in [1.82, 2.24) is 0 Å². The molecule has 0 radical (unpaired) electrons. The van der Waals surface area contributed by atoms with Gasteiger partial charge in [-0.05, 0) is 0 Å². The average Bonchev–Trinajstić information content (AvgIpc) is 2.72. The van der Waals surface area contributed by atoms with Crippen LogP contribution < -0.4 is 16.4 Å². The van der Waals surface area contributed by atoms with E-state index < -0.39 is 6.15 Å². The van der Waals surface area contributed by atoms with E-state index in [4.69, 9.17) is 0 Å². The number of hydrogen-bond acceptors (Lipinski definition) is 0. The highest BCUT2D eigenvalue weighted by atomic mass is 79.9. The summed E-state index contributed by atoms with van der Waals surface area (Å²) in [5.41, 5.74) is 5.18. The minimum absolute atomic E-state index is 1.09. The number of hydrogen-bond donors (Lipinski definition) is 0. The van der Waals surface area contributed by atoms with E-state index in [2.05, 4.69) is 125 Å². The standard InChI is InChI=1S/C24H18BBr/c26-24-18-16-23(17-19-24)25(20-10-4-1-5-11-20,21-12-6-2-7-13-21)22-14-8-3-9-15-22/h1-8,10-19H. The molecule has 4 rings (SSSR count). The summed E-state index contributed by atoms with van der Waals surface area (Å²) in [5, 5.41) is 0. The van der Waals surface area contributed by atoms with E-state index in [1.54, 1.807) is 0 Å². The number of allylic oxidation sites excluding steroid dienone is 6. The summed E-state index contributed by atoms with van der Waals surface area (Å²) < 4.78 is 1.09. The van der Waals surface area contributed by atoms with Crippen molar-refractivity contribution in [3.63, 3.8) is 0 Å². The van der Waals surface area contributed by atoms with Gasteiger partial charge in [0.15, 0.2) is 6.15 Å². The minimum Gasteiger partial charge on any atom is -0.181 e. The van der Waals surface area contributed by atoms with E-state index in [1.165, 1.54) is 21.9 Å². The Balaban J connectivity index is 2.10. The van der Waals surface area contributed by atoms with E-state index in [0.717, 1.165) is 4.47 Å². The van der Waals surface area contributed by atoms with Crippen LogP contribution in [0.2, 0.25) is 0 Å². The molecule has 0 spiro atoms. The third kappa shape index (κ3) is 2.88. The summed E-state index contributed by atoms with van der Waals surface area (Å²) in [7, 11) is 0. The van der Waals surface area contributed by atoms with E-state index in [-0.39, 0.29) is 0 Å². The zero-order valence-electron chi connectivity index (χ0n) is 14.3. The molecule has 3 aromatic carbocycles. The van der Waals surface area contributed by atoms with Crippen LogP contribution in [0.3, 0.4) is 0 Å². The van der Waals surface area contributed by atoms with Crippen LogP contribution in [0.1, 0.15) is 0 Å². The first kappa shape index (κ1) is 16.8. The summed E-state index contributed by atoms with van der Waals surface area (Å²) in [4.78, 5) is 0. The molecule has 0 bridgehead atoms. The van der Waals surface area contributed by atoms with Crippen molar-refractivity contribution in [1.29, 1.82) is 0 Å². The van der Waals surface area contributed by atoms with Gasteiger partial charge >= 0.3 is 0 Å². The third-order valence-electron chi connectivity index (χ3n) is 5.20. The lowest BCUT2D eigenvalue weighted by Crippen LogP contribution is -2.68. The predicted octanol–water partition coefficient (Wildman–Crippen LogP) is 4.31. The fourth-order valence-electron chi connectivity index (χ4n) is 4.07. The molecule has 0 amide bonds. The molecule has 0 atom stereocenters. The van der Waals surface area contributed by atoms with Crippen LogP contribution in [0.4, 0.5) is 0 Å². The van der Waals surface area contributed by atoms with Crippen LogP contribution in [-0.2, 0) is 0 Å². The molecule has 0 fully saturated rings. The smallest absolute Gasteiger partial charge is 0.171 e. The van der Waals surface area contributed by atoms with Crippen molar-refractivity contribution in [2.24, 2.45) is 0 Å². The van der Waals surface area contributed by atoms with Crippen molar-refractivity contribution in [2.75, 3.05) is 0 Å². The lowest BCUT2D eigenvalue weighted by molar-refractivity contribution is 1.60. The maximum atomic E-state index is 3.58. The van der Waals surface area contributed by atoms with Crippen molar-refractivity contribution < 1.29 is 0 Å². The van der Waals surface area contributed by atoms with Crippen LogP contribution in [-0.4, -0.2) is 6.15 Å². The molecular formula is C24H18BBr. The highest BCUT2D eigenvalue weighted by Gasteiger charge is 2.37. The Morgan fingerprint density at radius 1 is 0.654 bits per heavy atom. The number of benzene rings is 3. The first-order valence-electron chi connectivity index (χ1n) is 8.81. The molecule has 1 aliphatic carbocycles. The van der Waals surface area contributed by atoms with Gasteiger partial charge in [0.05, 0.1) is 6.08 Å². The van der Waals surface area contributed by atoms with Crippen molar-refractivity contribution in [3.8, 4) is 0 Å². The Labute approximate surface area is 163 Å². The molecular weight excluding hydrogens is 379 g/mol. The van der Waals surface area contributed by atoms with E-state index in [1.807, 2.05) is 6.08 Å². The fraction of sp³-hybridized carbons (Fsp3) is 0. The molecule has 0 N–H and O–H groups in total. The Hall–Kier alpha value is -2.67. The topological polar surface area (TPSA) is 0 Å². The van der Waals surface area contributed by atoms with E-state index in [0.29, 0.717) is 0 Å². The van der Waals surface area contributed by atoms with Crippen LogP contribution in [0.15, 0.2) is 119 Å². The highest BCUT2D eigenvalue weighted by molar-refractivity contribution is 9.10. The first-order valence-corrected chi connectivity index (χ1v) is 9.60. The van der Waals surface area contributed by atoms with Crippen LogP contribution in [0, 0.1) is 6.08 Å². The number of halogens is 1. The predicted molar refractivity (Wildman–Crippen MR) is 117 cm³/mol. The van der Waals surface area contributed by atoms with Crippen LogP contribution >= 0.6 is 15.9 Å². The highest BCUT2D eigenvalue weighted by Crippen LogP contribution is 2.21. The van der Waals surface area contributed by atoms with Gasteiger partial charge in [-0.1, -0.05) is 106 Å². The Kier molecular flexibility index (Phi) is 4.71. The molecule has 0 saturated carbocycles. The molecule has 26 heavy (non-hydrogen) atoms. The number of rotatable bonds is 4. The molecule has 0 saturated heterocycles. The SMILES string of the molecule is Brc1ccc([B-](C2=CC=C[C+]=C2)(c2ccccc2)c2ccccc2)cc1. The minimum atomic E-state index is -1.28. The van der Waals surface area contributed by atoms with E-state index >= 15 is 0 Å². The molecule has 0 aliphatic heterocycles. The second kappa shape index (κ2) is 7.29. The zero-order valence-corrected chi connectivity index (χ0v) is 15.9. The summed E-state index contributed by atoms with van der Waals surface area (Å²) in [6.45, 7) is 0. The molecule has 124 valence electrons. The molecule has 0 nitrogen and oxygen atoms in total. The van der Waals surface area contributed by atoms with Gasteiger partial charge in [0, 0.05) is 22.7 Å². The average molecular weight is 397 g/mol. The van der Waals surface area contributed by atoms with Gasteiger partial charge in [-0.15, -0.1) is 0 Å². The lowest BCUT2D eigenvalue weighted by atomic mass is 9.12. The van der Waals surface area contributed by atoms with Crippen molar-refractivity contribution in [2.45, 2.75) is 0 Å². The zero-order chi connectivity index (χ0) is 17.8. The van der Waals surface area contributed by atoms with Crippen LogP contribution in [0.25, 0.3) is 0 Å². The Morgan fingerprint density at radius 3 is 1.69 bits per heavy atom. The van der Waals surface area contributed by atoms with Crippen LogP contribution in [0.5, 0.6) is 0 Å². The van der Waals surface area contributed by atoms with Gasteiger partial charge in [-0.25, -0.2) is 0 Å². The second-order valence-corrected chi connectivity index (χ2v) is 7.49. The molecule has 3 aromatic rings.